The van der Waals surface area contributed by atoms with E-state index in [0.29, 0.717) is 16.7 Å². The summed E-state index contributed by atoms with van der Waals surface area (Å²) in [6.45, 7) is 2.12. The van der Waals surface area contributed by atoms with Crippen LogP contribution in [0.4, 0.5) is 5.69 Å². The lowest BCUT2D eigenvalue weighted by molar-refractivity contribution is -0.126. The Balaban J connectivity index is 2.47. The number of carbonyl (C=O) groups excluding carboxylic acids is 1. The number of rotatable bonds is 2. The van der Waals surface area contributed by atoms with Crippen molar-refractivity contribution in [2.24, 2.45) is 0 Å². The zero-order chi connectivity index (χ0) is 14.2. The quantitative estimate of drug-likeness (QED) is 0.763. The fraction of sp³-hybridized carbons (Fsp3) is 0.364. The van der Waals surface area contributed by atoms with Crippen LogP contribution in [0.2, 0.25) is 0 Å². The molecule has 0 spiro atoms. The van der Waals surface area contributed by atoms with Gasteiger partial charge in [-0.15, -0.1) is 0 Å². The van der Waals surface area contributed by atoms with Gasteiger partial charge in [-0.3, -0.25) is 4.79 Å². The average Bonchev–Trinajstić information content (AvgIpc) is 2.35. The van der Waals surface area contributed by atoms with Gasteiger partial charge in [0.05, 0.1) is 4.90 Å². The lowest BCUT2D eigenvalue weighted by Crippen LogP contribution is -2.55. The molecule has 1 aliphatic heterocycles. The molecule has 104 valence electrons. The first-order chi connectivity index (χ1) is 8.84. The number of hydrogen-bond acceptors (Lipinski definition) is 4. The van der Waals surface area contributed by atoms with Crippen LogP contribution in [0.15, 0.2) is 27.6 Å². The van der Waals surface area contributed by atoms with E-state index in [1.165, 1.54) is 10.4 Å². The van der Waals surface area contributed by atoms with E-state index >= 15 is 0 Å². The molecule has 1 amide bonds. The van der Waals surface area contributed by atoms with E-state index in [4.69, 9.17) is 5.73 Å². The van der Waals surface area contributed by atoms with Gasteiger partial charge >= 0.3 is 0 Å². The van der Waals surface area contributed by atoms with Gasteiger partial charge in [-0.1, -0.05) is 0 Å². The number of nitrogens with two attached hydrogens (primary N) is 1. The maximum atomic E-state index is 12.6. The van der Waals surface area contributed by atoms with Gasteiger partial charge in [0.2, 0.25) is 15.9 Å². The molecule has 3 N–H and O–H groups in total. The number of hydrogen-bond donors (Lipinski definition) is 2. The van der Waals surface area contributed by atoms with Gasteiger partial charge in [-0.2, -0.15) is 4.31 Å². The normalized spacial score (nSPS) is 21.2. The van der Waals surface area contributed by atoms with Gasteiger partial charge in [0.1, 0.15) is 6.04 Å². The van der Waals surface area contributed by atoms with Crippen LogP contribution in [-0.2, 0) is 14.8 Å². The molecule has 1 aliphatic rings. The van der Waals surface area contributed by atoms with Crippen LogP contribution in [0.1, 0.15) is 6.92 Å². The molecule has 1 aromatic carbocycles. The summed E-state index contributed by atoms with van der Waals surface area (Å²) >= 11 is 3.21. The molecule has 1 unspecified atom stereocenters. The minimum absolute atomic E-state index is 0.0778. The zero-order valence-electron chi connectivity index (χ0n) is 10.3. The number of nitrogen functional groups attached to an aromatic ring is 1. The lowest BCUT2D eigenvalue weighted by Gasteiger charge is -2.32. The Bertz CT molecular complexity index is 618. The Morgan fingerprint density at radius 3 is 2.84 bits per heavy atom. The highest BCUT2D eigenvalue weighted by molar-refractivity contribution is 9.10. The number of amides is 1. The first kappa shape index (κ1) is 14.3. The third kappa shape index (κ3) is 2.60. The summed E-state index contributed by atoms with van der Waals surface area (Å²) in [4.78, 5) is 11.7. The Morgan fingerprint density at radius 1 is 1.47 bits per heavy atom. The van der Waals surface area contributed by atoms with Gasteiger partial charge in [0.15, 0.2) is 0 Å². The number of anilines is 1. The summed E-state index contributed by atoms with van der Waals surface area (Å²) in [6.07, 6.45) is 0. The van der Waals surface area contributed by atoms with Crippen molar-refractivity contribution < 1.29 is 13.2 Å². The predicted molar refractivity (Wildman–Crippen MR) is 74.9 cm³/mol. The molecule has 1 saturated heterocycles. The third-order valence-corrected chi connectivity index (χ3v) is 5.95. The molecule has 8 heteroatoms. The van der Waals surface area contributed by atoms with Crippen LogP contribution in [0, 0.1) is 0 Å². The highest BCUT2D eigenvalue weighted by atomic mass is 79.9. The van der Waals surface area contributed by atoms with E-state index in [9.17, 15) is 13.2 Å². The van der Waals surface area contributed by atoms with Gasteiger partial charge < -0.3 is 11.1 Å². The SMILES string of the molecule is CC1C(=O)NCCN1S(=O)(=O)c1cc(N)ccc1Br. The molecule has 1 heterocycles. The van der Waals surface area contributed by atoms with E-state index in [1.807, 2.05) is 0 Å². The number of nitrogens with one attached hydrogen (secondary N) is 1. The number of nitrogens with zero attached hydrogens (tertiary/aromatic N) is 1. The lowest BCUT2D eigenvalue weighted by atomic mass is 10.2. The number of benzene rings is 1. The maximum Gasteiger partial charge on any atom is 0.245 e. The number of sulfonamides is 1. The van der Waals surface area contributed by atoms with Crippen molar-refractivity contribution >= 4 is 37.5 Å². The molecular formula is C11H14BrN3O3S. The minimum atomic E-state index is -3.75. The van der Waals surface area contributed by atoms with Crippen LogP contribution >= 0.6 is 15.9 Å². The van der Waals surface area contributed by atoms with Crippen molar-refractivity contribution in [3.63, 3.8) is 0 Å². The van der Waals surface area contributed by atoms with Crippen LogP contribution in [0.3, 0.4) is 0 Å². The average molecular weight is 348 g/mol. The van der Waals surface area contributed by atoms with E-state index in [1.54, 1.807) is 19.1 Å². The highest BCUT2D eigenvalue weighted by Gasteiger charge is 2.36. The number of carbonyl (C=O) groups is 1. The first-order valence-corrected chi connectivity index (χ1v) is 7.92. The Labute approximate surface area is 120 Å². The van der Waals surface area contributed by atoms with Gasteiger partial charge in [0.25, 0.3) is 0 Å². The standard InChI is InChI=1S/C11H14BrN3O3S/c1-7-11(16)14-4-5-15(7)19(17,18)10-6-8(13)2-3-9(10)12/h2-3,6-7H,4-5,13H2,1H3,(H,14,16). The van der Waals surface area contributed by atoms with Crippen molar-refractivity contribution in [2.75, 3.05) is 18.8 Å². The van der Waals surface area contributed by atoms with Crippen LogP contribution in [0.5, 0.6) is 0 Å². The second kappa shape index (κ2) is 5.10. The van der Waals surface area contributed by atoms with Crippen LogP contribution in [0.25, 0.3) is 0 Å². The van der Waals surface area contributed by atoms with Crippen LogP contribution in [-0.4, -0.2) is 37.8 Å². The Morgan fingerprint density at radius 2 is 2.16 bits per heavy atom. The number of piperazine rings is 1. The molecule has 0 aromatic heterocycles. The molecule has 2 rings (SSSR count). The molecule has 0 radical (unpaired) electrons. The Kier molecular flexibility index (Phi) is 3.84. The molecule has 0 aliphatic carbocycles. The summed E-state index contributed by atoms with van der Waals surface area (Å²) in [5, 5.41) is 2.63. The summed E-state index contributed by atoms with van der Waals surface area (Å²) in [7, 11) is -3.75. The molecule has 0 saturated carbocycles. The monoisotopic (exact) mass is 347 g/mol. The van der Waals surface area contributed by atoms with E-state index < -0.39 is 16.1 Å². The summed E-state index contributed by atoms with van der Waals surface area (Å²) < 4.78 is 26.8. The second-order valence-corrected chi connectivity index (χ2v) is 6.99. The maximum absolute atomic E-state index is 12.6. The molecule has 1 aromatic rings. The van der Waals surface area contributed by atoms with E-state index in [-0.39, 0.29) is 17.3 Å². The molecule has 19 heavy (non-hydrogen) atoms. The van der Waals surface area contributed by atoms with Crippen molar-refractivity contribution in [1.82, 2.24) is 9.62 Å². The van der Waals surface area contributed by atoms with Crippen LogP contribution < -0.4 is 11.1 Å². The van der Waals surface area contributed by atoms with Crippen molar-refractivity contribution in [2.45, 2.75) is 17.9 Å². The minimum Gasteiger partial charge on any atom is -0.399 e. The largest absolute Gasteiger partial charge is 0.399 e. The number of halogens is 1. The fourth-order valence-corrected chi connectivity index (χ4v) is 4.49. The highest BCUT2D eigenvalue weighted by Crippen LogP contribution is 2.28. The molecule has 1 fully saturated rings. The topological polar surface area (TPSA) is 92.5 Å². The van der Waals surface area contributed by atoms with Crippen molar-refractivity contribution in [3.05, 3.63) is 22.7 Å². The summed E-state index contributed by atoms with van der Waals surface area (Å²) in [5.41, 5.74) is 5.99. The van der Waals surface area contributed by atoms with Crippen molar-refractivity contribution in [3.8, 4) is 0 Å². The summed E-state index contributed by atoms with van der Waals surface area (Å²) in [6, 6.07) is 3.84. The Hall–Kier alpha value is -1.12. The van der Waals surface area contributed by atoms with Gasteiger partial charge in [-0.25, -0.2) is 8.42 Å². The smallest absolute Gasteiger partial charge is 0.245 e. The van der Waals surface area contributed by atoms with E-state index in [0.717, 1.165) is 0 Å². The van der Waals surface area contributed by atoms with Crippen molar-refractivity contribution in [1.29, 1.82) is 0 Å². The van der Waals surface area contributed by atoms with E-state index in [2.05, 4.69) is 21.2 Å². The molecular weight excluding hydrogens is 334 g/mol. The summed E-state index contributed by atoms with van der Waals surface area (Å²) in [5.74, 6) is -0.296. The van der Waals surface area contributed by atoms with Gasteiger partial charge in [0, 0.05) is 23.2 Å². The third-order valence-electron chi connectivity index (χ3n) is 2.98. The second-order valence-electron chi connectivity index (χ2n) is 4.27. The molecule has 0 bridgehead atoms. The molecule has 6 nitrogen and oxygen atoms in total. The first-order valence-electron chi connectivity index (χ1n) is 5.68. The predicted octanol–water partition coefficient (Wildman–Crippen LogP) is 0.540. The fourth-order valence-electron chi connectivity index (χ4n) is 1.93. The molecule has 1 atom stereocenters. The van der Waals surface area contributed by atoms with Gasteiger partial charge in [-0.05, 0) is 41.1 Å². The zero-order valence-corrected chi connectivity index (χ0v) is 12.7.